The first-order valence-electron chi connectivity index (χ1n) is 6.67. The number of nitrogens with zero attached hydrogens (tertiary/aromatic N) is 1. The average Bonchev–Trinajstić information content (AvgIpc) is 3.16. The van der Waals surface area contributed by atoms with Crippen LogP contribution < -0.4 is 10.0 Å². The fourth-order valence-electron chi connectivity index (χ4n) is 2.21. The summed E-state index contributed by atoms with van der Waals surface area (Å²) in [6.45, 7) is -0.0487. The monoisotopic (exact) mass is 337 g/mol. The van der Waals surface area contributed by atoms with E-state index in [0.29, 0.717) is 11.7 Å². The molecule has 0 radical (unpaired) electrons. The van der Waals surface area contributed by atoms with Gasteiger partial charge in [0.1, 0.15) is 6.04 Å². The van der Waals surface area contributed by atoms with Crippen molar-refractivity contribution in [1.29, 1.82) is 0 Å². The fourth-order valence-corrected chi connectivity index (χ4v) is 4.41. The number of aliphatic carboxylic acids is 1. The van der Waals surface area contributed by atoms with Crippen LogP contribution in [0.2, 0.25) is 0 Å². The first kappa shape index (κ1) is 16.4. The summed E-state index contributed by atoms with van der Waals surface area (Å²) in [4.78, 5) is 24.8. The molecule has 1 aliphatic carbocycles. The summed E-state index contributed by atoms with van der Waals surface area (Å²) in [6.07, 6.45) is 2.00. The van der Waals surface area contributed by atoms with Gasteiger partial charge in [-0.1, -0.05) is 0 Å². The Bertz CT molecular complexity index is 520. The van der Waals surface area contributed by atoms with Crippen molar-refractivity contribution < 1.29 is 23.1 Å². The van der Waals surface area contributed by atoms with Gasteiger partial charge < -0.3 is 10.4 Å². The SMILES string of the molecule is CNS(=O)(=O)CCNC(=O)N1C(C(=O)O)CSC1C1CC1. The molecule has 0 aromatic rings. The van der Waals surface area contributed by atoms with Crippen molar-refractivity contribution in [3.05, 3.63) is 0 Å². The van der Waals surface area contributed by atoms with Gasteiger partial charge in [-0.05, 0) is 25.8 Å². The second-order valence-electron chi connectivity index (χ2n) is 5.08. The maximum absolute atomic E-state index is 12.2. The third-order valence-corrected chi connectivity index (χ3v) is 6.36. The largest absolute Gasteiger partial charge is 0.480 e. The number of hydrogen-bond acceptors (Lipinski definition) is 5. The molecule has 2 atom stereocenters. The Labute approximate surface area is 127 Å². The number of sulfonamides is 1. The van der Waals surface area contributed by atoms with Crippen molar-refractivity contribution in [2.24, 2.45) is 5.92 Å². The van der Waals surface area contributed by atoms with E-state index < -0.39 is 28.1 Å². The number of thioether (sulfide) groups is 1. The van der Waals surface area contributed by atoms with Gasteiger partial charge in [0.05, 0.1) is 11.1 Å². The van der Waals surface area contributed by atoms with Gasteiger partial charge in [0.25, 0.3) is 0 Å². The van der Waals surface area contributed by atoms with Crippen LogP contribution in [0.4, 0.5) is 4.79 Å². The van der Waals surface area contributed by atoms with Gasteiger partial charge >= 0.3 is 12.0 Å². The molecule has 2 amide bonds. The smallest absolute Gasteiger partial charge is 0.327 e. The maximum Gasteiger partial charge on any atom is 0.327 e. The molecule has 0 aromatic heterocycles. The van der Waals surface area contributed by atoms with Crippen LogP contribution in [0.5, 0.6) is 0 Å². The summed E-state index contributed by atoms with van der Waals surface area (Å²) >= 11 is 1.48. The zero-order valence-corrected chi connectivity index (χ0v) is 13.2. The summed E-state index contributed by atoms with van der Waals surface area (Å²) < 4.78 is 24.7. The first-order valence-corrected chi connectivity index (χ1v) is 9.37. The molecule has 3 N–H and O–H groups in total. The van der Waals surface area contributed by atoms with E-state index in [2.05, 4.69) is 10.0 Å². The lowest BCUT2D eigenvalue weighted by Crippen LogP contribution is -2.51. The zero-order chi connectivity index (χ0) is 15.6. The molecule has 8 nitrogen and oxygen atoms in total. The number of rotatable bonds is 6. The first-order chi connectivity index (χ1) is 9.85. The lowest BCUT2D eigenvalue weighted by molar-refractivity contribution is -0.141. The maximum atomic E-state index is 12.2. The molecule has 2 fully saturated rings. The highest BCUT2D eigenvalue weighted by Crippen LogP contribution is 2.45. The van der Waals surface area contributed by atoms with E-state index >= 15 is 0 Å². The van der Waals surface area contributed by atoms with Gasteiger partial charge in [-0.15, -0.1) is 11.8 Å². The van der Waals surface area contributed by atoms with Crippen LogP contribution in [0.25, 0.3) is 0 Å². The molecule has 120 valence electrons. The number of amides is 2. The fraction of sp³-hybridized carbons (Fsp3) is 0.818. The minimum Gasteiger partial charge on any atom is -0.480 e. The third-order valence-electron chi connectivity index (χ3n) is 3.54. The predicted molar refractivity (Wildman–Crippen MR) is 78.5 cm³/mol. The molecule has 21 heavy (non-hydrogen) atoms. The standard InChI is InChI=1S/C11H19N3O5S2/c1-12-21(18,19)5-4-13-11(17)14-8(10(15)16)6-20-9(14)7-2-3-7/h7-9,12H,2-6H2,1H3,(H,13,17)(H,15,16). The minimum atomic E-state index is -3.39. The van der Waals surface area contributed by atoms with Crippen molar-refractivity contribution >= 4 is 33.8 Å². The normalized spacial score (nSPS) is 25.9. The van der Waals surface area contributed by atoms with Crippen LogP contribution in [-0.4, -0.2) is 66.9 Å². The van der Waals surface area contributed by atoms with Crippen LogP contribution in [0.1, 0.15) is 12.8 Å². The highest BCUT2D eigenvalue weighted by atomic mass is 32.2. The molecule has 1 saturated heterocycles. The van der Waals surface area contributed by atoms with Gasteiger partial charge in [-0.2, -0.15) is 0 Å². The van der Waals surface area contributed by atoms with Crippen molar-refractivity contribution in [2.45, 2.75) is 24.3 Å². The second-order valence-corrected chi connectivity index (χ2v) is 8.27. The molecular formula is C11H19N3O5S2. The van der Waals surface area contributed by atoms with Crippen molar-refractivity contribution in [2.75, 3.05) is 25.1 Å². The number of carbonyl (C=O) groups is 2. The van der Waals surface area contributed by atoms with E-state index in [1.165, 1.54) is 23.7 Å². The summed E-state index contributed by atoms with van der Waals surface area (Å²) in [5, 5.41) is 11.6. The number of urea groups is 1. The highest BCUT2D eigenvalue weighted by molar-refractivity contribution is 8.00. The van der Waals surface area contributed by atoms with Crippen molar-refractivity contribution in [3.63, 3.8) is 0 Å². The van der Waals surface area contributed by atoms with Gasteiger partial charge in [-0.3, -0.25) is 4.90 Å². The molecule has 0 spiro atoms. The van der Waals surface area contributed by atoms with E-state index in [0.717, 1.165) is 12.8 Å². The Morgan fingerprint density at radius 1 is 1.38 bits per heavy atom. The Balaban J connectivity index is 1.95. The number of hydrogen-bond donors (Lipinski definition) is 3. The Kier molecular flexibility index (Phi) is 4.99. The van der Waals surface area contributed by atoms with E-state index in [-0.39, 0.29) is 17.7 Å². The quantitative estimate of drug-likeness (QED) is 0.601. The average molecular weight is 337 g/mol. The molecule has 1 saturated carbocycles. The molecule has 2 aliphatic rings. The van der Waals surface area contributed by atoms with Crippen LogP contribution in [0.15, 0.2) is 0 Å². The summed E-state index contributed by atoms with van der Waals surface area (Å²) in [5.41, 5.74) is 0. The molecular weight excluding hydrogens is 318 g/mol. The van der Waals surface area contributed by atoms with E-state index in [1.54, 1.807) is 0 Å². The van der Waals surface area contributed by atoms with E-state index in [4.69, 9.17) is 0 Å². The molecule has 2 unspecified atom stereocenters. The van der Waals surface area contributed by atoms with Gasteiger partial charge in [-0.25, -0.2) is 22.7 Å². The molecule has 0 bridgehead atoms. The highest BCUT2D eigenvalue weighted by Gasteiger charge is 2.48. The number of nitrogens with one attached hydrogen (secondary N) is 2. The summed E-state index contributed by atoms with van der Waals surface area (Å²) in [6, 6.07) is -1.35. The zero-order valence-electron chi connectivity index (χ0n) is 11.6. The van der Waals surface area contributed by atoms with Crippen LogP contribution in [0, 0.1) is 5.92 Å². The summed E-state index contributed by atoms with van der Waals surface area (Å²) in [5.74, 6) is -0.532. The van der Waals surface area contributed by atoms with Crippen LogP contribution in [-0.2, 0) is 14.8 Å². The van der Waals surface area contributed by atoms with Crippen LogP contribution >= 0.6 is 11.8 Å². The van der Waals surface area contributed by atoms with Crippen molar-refractivity contribution in [3.8, 4) is 0 Å². The molecule has 0 aromatic carbocycles. The van der Waals surface area contributed by atoms with Gasteiger partial charge in [0, 0.05) is 12.3 Å². The van der Waals surface area contributed by atoms with E-state index in [9.17, 15) is 23.1 Å². The third kappa shape index (κ3) is 4.01. The Morgan fingerprint density at radius 2 is 2.05 bits per heavy atom. The van der Waals surface area contributed by atoms with Crippen molar-refractivity contribution in [1.82, 2.24) is 14.9 Å². The van der Waals surface area contributed by atoms with E-state index in [1.807, 2.05) is 0 Å². The minimum absolute atomic E-state index is 0.0487. The van der Waals surface area contributed by atoms with Gasteiger partial charge in [0.15, 0.2) is 0 Å². The van der Waals surface area contributed by atoms with Gasteiger partial charge in [0.2, 0.25) is 10.0 Å². The lowest BCUT2D eigenvalue weighted by atomic mass is 10.2. The Morgan fingerprint density at radius 3 is 2.57 bits per heavy atom. The number of carboxylic acids is 1. The summed E-state index contributed by atoms with van der Waals surface area (Å²) in [7, 11) is -2.09. The predicted octanol–water partition coefficient (Wildman–Crippen LogP) is -0.517. The Hall–Kier alpha value is -1.00. The molecule has 1 aliphatic heterocycles. The topological polar surface area (TPSA) is 116 Å². The number of carbonyl (C=O) groups excluding carboxylic acids is 1. The molecule has 2 rings (SSSR count). The number of carboxylic acid groups (broad SMARTS) is 1. The van der Waals surface area contributed by atoms with Crippen LogP contribution in [0.3, 0.4) is 0 Å². The molecule has 10 heteroatoms. The molecule has 1 heterocycles. The lowest BCUT2D eigenvalue weighted by Gasteiger charge is -2.27. The second kappa shape index (κ2) is 6.41.